The summed E-state index contributed by atoms with van der Waals surface area (Å²) < 4.78 is 0. The van der Waals surface area contributed by atoms with E-state index in [-0.39, 0.29) is 28.9 Å². The molecule has 8 nitrogen and oxygen atoms in total. The van der Waals surface area contributed by atoms with Gasteiger partial charge in [0.05, 0.1) is 22.6 Å². The van der Waals surface area contributed by atoms with Crippen molar-refractivity contribution in [3.63, 3.8) is 0 Å². The fourth-order valence-electron chi connectivity index (χ4n) is 3.29. The smallest absolute Gasteiger partial charge is 0.267 e. The molecule has 3 aromatic rings. The van der Waals surface area contributed by atoms with Gasteiger partial charge in [0.2, 0.25) is 0 Å². The van der Waals surface area contributed by atoms with Crippen LogP contribution in [-0.4, -0.2) is 32.7 Å². The van der Waals surface area contributed by atoms with Crippen molar-refractivity contribution in [3.8, 4) is 0 Å². The molecule has 148 valence electrons. The molecule has 0 atom stereocenters. The summed E-state index contributed by atoms with van der Waals surface area (Å²) in [5, 5.41) is 12.9. The Morgan fingerprint density at radius 3 is 2.07 bits per heavy atom. The van der Waals surface area contributed by atoms with E-state index in [0.717, 1.165) is 16.1 Å². The third-order valence-electron chi connectivity index (χ3n) is 4.73. The van der Waals surface area contributed by atoms with E-state index in [0.29, 0.717) is 5.56 Å². The molecule has 8 heteroatoms. The van der Waals surface area contributed by atoms with Gasteiger partial charge in [0.15, 0.2) is 0 Å². The van der Waals surface area contributed by atoms with Gasteiger partial charge in [0.1, 0.15) is 0 Å². The highest BCUT2D eigenvalue weighted by Crippen LogP contribution is 2.27. The Kier molecular flexibility index (Phi) is 4.81. The summed E-state index contributed by atoms with van der Waals surface area (Å²) in [7, 11) is 0. The average Bonchev–Trinajstić information content (AvgIpc) is 3.03. The van der Waals surface area contributed by atoms with E-state index in [1.807, 2.05) is 0 Å². The second-order valence-electron chi connectivity index (χ2n) is 6.62. The molecule has 0 aromatic heterocycles. The van der Waals surface area contributed by atoms with Gasteiger partial charge in [-0.1, -0.05) is 48.5 Å². The highest BCUT2D eigenvalue weighted by atomic mass is 16.6. The Morgan fingerprint density at radius 1 is 0.867 bits per heavy atom. The summed E-state index contributed by atoms with van der Waals surface area (Å²) in [6, 6.07) is 20.4. The lowest BCUT2D eigenvalue weighted by molar-refractivity contribution is -0.384. The SMILES string of the molecule is O=C(c1cccc([N+](=O)[O-])c1)N(Cc1ccccc1)N1C(=O)c2ccccc2C1=O. The number of amides is 3. The molecule has 1 aliphatic rings. The van der Waals surface area contributed by atoms with E-state index in [1.54, 1.807) is 42.5 Å². The van der Waals surface area contributed by atoms with Crippen LogP contribution in [0.1, 0.15) is 36.6 Å². The first kappa shape index (κ1) is 19.0. The first-order valence-electron chi connectivity index (χ1n) is 9.05. The van der Waals surface area contributed by atoms with Crippen LogP contribution in [0.25, 0.3) is 0 Å². The van der Waals surface area contributed by atoms with E-state index in [4.69, 9.17) is 0 Å². The molecule has 1 aliphatic heterocycles. The molecule has 3 aromatic carbocycles. The van der Waals surface area contributed by atoms with Crippen molar-refractivity contribution in [3.05, 3.63) is 111 Å². The molecule has 30 heavy (non-hydrogen) atoms. The number of hydrogen-bond donors (Lipinski definition) is 0. The number of rotatable bonds is 5. The summed E-state index contributed by atoms with van der Waals surface area (Å²) in [6.07, 6.45) is 0. The van der Waals surface area contributed by atoms with E-state index in [9.17, 15) is 24.5 Å². The molecule has 0 unspecified atom stereocenters. The molecule has 0 saturated carbocycles. The zero-order valence-electron chi connectivity index (χ0n) is 15.6. The Balaban J connectivity index is 1.77. The monoisotopic (exact) mass is 401 g/mol. The number of fused-ring (bicyclic) bond motifs is 1. The number of non-ortho nitro benzene ring substituents is 1. The second kappa shape index (κ2) is 7.59. The predicted molar refractivity (Wildman–Crippen MR) is 106 cm³/mol. The maximum absolute atomic E-state index is 13.3. The van der Waals surface area contributed by atoms with E-state index in [1.165, 1.54) is 30.3 Å². The molecule has 0 spiro atoms. The van der Waals surface area contributed by atoms with Gasteiger partial charge in [0, 0.05) is 17.7 Å². The molecular weight excluding hydrogens is 386 g/mol. The minimum Gasteiger partial charge on any atom is -0.267 e. The molecule has 0 bridgehead atoms. The highest BCUT2D eigenvalue weighted by molar-refractivity contribution is 6.22. The van der Waals surface area contributed by atoms with Crippen molar-refractivity contribution >= 4 is 23.4 Å². The van der Waals surface area contributed by atoms with Crippen LogP contribution in [0.5, 0.6) is 0 Å². The number of nitro groups is 1. The van der Waals surface area contributed by atoms with Gasteiger partial charge < -0.3 is 0 Å². The molecular formula is C22H15N3O5. The topological polar surface area (TPSA) is 101 Å². The molecule has 1 heterocycles. The van der Waals surface area contributed by atoms with Crippen LogP contribution in [-0.2, 0) is 6.54 Å². The van der Waals surface area contributed by atoms with Crippen molar-refractivity contribution in [2.24, 2.45) is 0 Å². The predicted octanol–water partition coefficient (Wildman–Crippen LogP) is 3.45. The van der Waals surface area contributed by atoms with Gasteiger partial charge in [-0.05, 0) is 23.8 Å². The number of nitro benzene ring substituents is 1. The lowest BCUT2D eigenvalue weighted by Gasteiger charge is -2.30. The summed E-state index contributed by atoms with van der Waals surface area (Å²) in [5.74, 6) is -1.94. The van der Waals surface area contributed by atoms with Gasteiger partial charge in [-0.3, -0.25) is 24.5 Å². The number of carbonyl (C=O) groups excluding carboxylic acids is 3. The summed E-state index contributed by atoms with van der Waals surface area (Å²) in [6.45, 7) is -0.0617. The fourth-order valence-corrected chi connectivity index (χ4v) is 3.29. The summed E-state index contributed by atoms with van der Waals surface area (Å²) >= 11 is 0. The zero-order valence-corrected chi connectivity index (χ0v) is 15.6. The zero-order chi connectivity index (χ0) is 21.3. The summed E-state index contributed by atoms with van der Waals surface area (Å²) in [5.41, 5.74) is 0.826. The number of carbonyl (C=O) groups is 3. The largest absolute Gasteiger partial charge is 0.280 e. The Bertz CT molecular complexity index is 1140. The Labute approximate surface area is 171 Å². The van der Waals surface area contributed by atoms with E-state index in [2.05, 4.69) is 0 Å². The maximum Gasteiger partial charge on any atom is 0.280 e. The van der Waals surface area contributed by atoms with Crippen molar-refractivity contribution in [1.82, 2.24) is 10.0 Å². The van der Waals surface area contributed by atoms with Crippen LogP contribution in [0.15, 0.2) is 78.9 Å². The number of benzene rings is 3. The first-order valence-corrected chi connectivity index (χ1v) is 9.05. The molecule has 4 rings (SSSR count). The van der Waals surface area contributed by atoms with Crippen molar-refractivity contribution in [1.29, 1.82) is 0 Å². The standard InChI is InChI=1S/C22H15N3O5/c26-20(16-9-6-10-17(13-16)25(29)30)23(14-15-7-2-1-3-8-15)24-21(27)18-11-4-5-12-19(18)22(24)28/h1-13H,14H2. The lowest BCUT2D eigenvalue weighted by Crippen LogP contribution is -2.49. The minimum atomic E-state index is -0.697. The molecule has 0 aliphatic carbocycles. The lowest BCUT2D eigenvalue weighted by atomic mass is 10.1. The third kappa shape index (κ3) is 3.30. The number of hydrazine groups is 1. The third-order valence-corrected chi connectivity index (χ3v) is 4.73. The fraction of sp³-hybridized carbons (Fsp3) is 0.0455. The first-order chi connectivity index (χ1) is 14.5. The number of imide groups is 1. The van der Waals surface area contributed by atoms with Crippen molar-refractivity contribution in [2.45, 2.75) is 6.54 Å². The normalized spacial score (nSPS) is 12.6. The average molecular weight is 401 g/mol. The quantitative estimate of drug-likeness (QED) is 0.370. The van der Waals surface area contributed by atoms with Crippen LogP contribution < -0.4 is 0 Å². The van der Waals surface area contributed by atoms with Gasteiger partial charge in [-0.25, -0.2) is 5.01 Å². The minimum absolute atomic E-state index is 0.00307. The molecule has 0 radical (unpaired) electrons. The van der Waals surface area contributed by atoms with Gasteiger partial charge in [0.25, 0.3) is 23.4 Å². The summed E-state index contributed by atoms with van der Waals surface area (Å²) in [4.78, 5) is 49.7. The van der Waals surface area contributed by atoms with Gasteiger partial charge in [-0.15, -0.1) is 0 Å². The van der Waals surface area contributed by atoms with Gasteiger partial charge in [-0.2, -0.15) is 5.01 Å². The second-order valence-corrected chi connectivity index (χ2v) is 6.62. The maximum atomic E-state index is 13.3. The van der Waals surface area contributed by atoms with Crippen LogP contribution in [0.3, 0.4) is 0 Å². The Hall–Kier alpha value is -4.33. The number of hydrogen-bond acceptors (Lipinski definition) is 5. The van der Waals surface area contributed by atoms with Crippen molar-refractivity contribution < 1.29 is 19.3 Å². The van der Waals surface area contributed by atoms with Crippen LogP contribution >= 0.6 is 0 Å². The van der Waals surface area contributed by atoms with Crippen LogP contribution in [0.2, 0.25) is 0 Å². The highest BCUT2D eigenvalue weighted by Gasteiger charge is 2.41. The van der Waals surface area contributed by atoms with E-state index >= 15 is 0 Å². The molecule has 0 saturated heterocycles. The molecule has 0 fully saturated rings. The van der Waals surface area contributed by atoms with Crippen LogP contribution in [0, 0.1) is 10.1 Å². The van der Waals surface area contributed by atoms with Gasteiger partial charge >= 0.3 is 0 Å². The van der Waals surface area contributed by atoms with Crippen molar-refractivity contribution in [2.75, 3.05) is 0 Å². The Morgan fingerprint density at radius 2 is 1.47 bits per heavy atom. The molecule has 0 N–H and O–H groups in total. The van der Waals surface area contributed by atoms with E-state index < -0.39 is 22.6 Å². The molecule has 3 amide bonds. The number of nitrogens with zero attached hydrogens (tertiary/aromatic N) is 3. The van der Waals surface area contributed by atoms with Crippen LogP contribution in [0.4, 0.5) is 5.69 Å².